The molecule has 0 aliphatic rings. The van der Waals surface area contributed by atoms with Gasteiger partial charge in [-0.05, 0) is 37.1 Å². The summed E-state index contributed by atoms with van der Waals surface area (Å²) < 4.78 is 22.3. The average Bonchev–Trinajstić information content (AvgIpc) is 2.90. The van der Waals surface area contributed by atoms with Gasteiger partial charge in [-0.2, -0.15) is 0 Å². The Morgan fingerprint density at radius 1 is 0.706 bits per heavy atom. The van der Waals surface area contributed by atoms with E-state index in [2.05, 4.69) is 6.92 Å². The summed E-state index contributed by atoms with van der Waals surface area (Å²) in [7, 11) is 6.46. The molecule has 0 spiro atoms. The number of Topliss-reactive ketones (excluding diaryl/α,β-unsaturated/α-hetero) is 1. The van der Waals surface area contributed by atoms with Crippen LogP contribution in [0.15, 0.2) is 72.3 Å². The van der Waals surface area contributed by atoms with Crippen molar-refractivity contribution in [1.82, 2.24) is 0 Å². The first-order chi connectivity index (χ1) is 16.6. The maximum atomic E-state index is 13.9. The summed E-state index contributed by atoms with van der Waals surface area (Å²) in [5, 5.41) is 0. The second-order valence-electron chi connectivity index (χ2n) is 7.78. The van der Waals surface area contributed by atoms with E-state index < -0.39 is 0 Å². The molecule has 0 bridgehead atoms. The van der Waals surface area contributed by atoms with E-state index in [1.165, 1.54) is 0 Å². The number of ether oxygens (including phenoxy) is 4. The largest absolute Gasteiger partial charge is 0.497 e. The lowest BCUT2D eigenvalue weighted by atomic mass is 9.85. The summed E-state index contributed by atoms with van der Waals surface area (Å²) >= 11 is 0. The molecule has 0 unspecified atom stereocenters. The molecule has 0 amide bonds. The molecule has 0 radical (unpaired) electrons. The molecule has 5 heteroatoms. The molecule has 178 valence electrons. The van der Waals surface area contributed by atoms with Crippen LogP contribution in [0.2, 0.25) is 0 Å². The molecule has 3 aromatic rings. The number of hydrogen-bond acceptors (Lipinski definition) is 5. The normalized spacial score (nSPS) is 10.4. The van der Waals surface area contributed by atoms with E-state index >= 15 is 0 Å². The molecule has 3 rings (SSSR count). The highest BCUT2D eigenvalue weighted by atomic mass is 16.5. The summed E-state index contributed by atoms with van der Waals surface area (Å²) in [5.74, 6) is 2.56. The lowest BCUT2D eigenvalue weighted by Gasteiger charge is -2.21. The molecular weight excluding hydrogens is 428 g/mol. The number of benzene rings is 3. The fourth-order valence-corrected chi connectivity index (χ4v) is 3.95. The van der Waals surface area contributed by atoms with Crippen molar-refractivity contribution in [1.29, 1.82) is 0 Å². The van der Waals surface area contributed by atoms with Gasteiger partial charge in [0.15, 0.2) is 5.78 Å². The van der Waals surface area contributed by atoms with E-state index in [9.17, 15) is 4.79 Å². The maximum Gasteiger partial charge on any atom is 0.189 e. The Balaban J connectivity index is 2.39. The van der Waals surface area contributed by atoms with E-state index in [-0.39, 0.29) is 5.78 Å². The van der Waals surface area contributed by atoms with Crippen molar-refractivity contribution in [3.8, 4) is 23.0 Å². The summed E-state index contributed by atoms with van der Waals surface area (Å²) in [6.45, 7) is 2.12. The zero-order chi connectivity index (χ0) is 24.5. The lowest BCUT2D eigenvalue weighted by Crippen LogP contribution is -2.09. The van der Waals surface area contributed by atoms with E-state index in [4.69, 9.17) is 18.9 Å². The van der Waals surface area contributed by atoms with Gasteiger partial charge in [-0.1, -0.05) is 43.7 Å². The van der Waals surface area contributed by atoms with Crippen LogP contribution in [0, 0.1) is 0 Å². The predicted molar refractivity (Wildman–Crippen MR) is 135 cm³/mol. The topological polar surface area (TPSA) is 54.0 Å². The molecule has 0 aliphatic carbocycles. The lowest BCUT2D eigenvalue weighted by molar-refractivity contribution is 0.103. The van der Waals surface area contributed by atoms with Gasteiger partial charge in [-0.3, -0.25) is 4.79 Å². The van der Waals surface area contributed by atoms with Gasteiger partial charge in [-0.25, -0.2) is 0 Å². The van der Waals surface area contributed by atoms with Gasteiger partial charge < -0.3 is 18.9 Å². The van der Waals surface area contributed by atoms with Crippen LogP contribution in [0.4, 0.5) is 0 Å². The third-order valence-corrected chi connectivity index (χ3v) is 5.75. The minimum atomic E-state index is -0.0141. The van der Waals surface area contributed by atoms with Crippen LogP contribution in [0.5, 0.6) is 23.0 Å². The molecule has 0 saturated heterocycles. The van der Waals surface area contributed by atoms with Crippen molar-refractivity contribution < 1.29 is 23.7 Å². The zero-order valence-electron chi connectivity index (χ0n) is 20.5. The van der Waals surface area contributed by atoms with E-state index in [1.54, 1.807) is 28.4 Å². The Hall–Kier alpha value is -3.73. The van der Waals surface area contributed by atoms with Gasteiger partial charge in [-0.15, -0.1) is 0 Å². The monoisotopic (exact) mass is 460 g/mol. The van der Waals surface area contributed by atoms with Gasteiger partial charge in [0.1, 0.15) is 23.0 Å². The standard InChI is InChI=1S/C29H32O5/c1-6-7-13-25(29(30)20-11-9-8-10-12-20)28(23-16-14-21(31-2)18-26(23)33-4)24-17-15-22(32-3)19-27(24)34-5/h8-12,14-19H,6-7,13H2,1-5H3. The molecule has 0 heterocycles. The summed E-state index contributed by atoms with van der Waals surface area (Å²) in [5.41, 5.74) is 3.72. The van der Waals surface area contributed by atoms with Crippen LogP contribution in [-0.4, -0.2) is 34.2 Å². The molecule has 0 aromatic heterocycles. The van der Waals surface area contributed by atoms with Crippen molar-refractivity contribution in [2.24, 2.45) is 0 Å². The van der Waals surface area contributed by atoms with Crippen LogP contribution >= 0.6 is 0 Å². The highest BCUT2D eigenvalue weighted by Crippen LogP contribution is 2.42. The molecule has 0 N–H and O–H groups in total. The Labute approximate surface area is 201 Å². The van der Waals surface area contributed by atoms with Gasteiger partial charge in [0.25, 0.3) is 0 Å². The Kier molecular flexibility index (Phi) is 8.74. The fraction of sp³-hybridized carbons (Fsp3) is 0.276. The highest BCUT2D eigenvalue weighted by molar-refractivity contribution is 6.15. The smallest absolute Gasteiger partial charge is 0.189 e. The van der Waals surface area contributed by atoms with Gasteiger partial charge in [0.05, 0.1) is 28.4 Å². The van der Waals surface area contributed by atoms with E-state index in [0.717, 1.165) is 29.5 Å². The molecule has 0 atom stereocenters. The minimum absolute atomic E-state index is 0.0141. The Morgan fingerprint density at radius 3 is 1.68 bits per heavy atom. The van der Waals surface area contributed by atoms with Crippen molar-refractivity contribution in [2.45, 2.75) is 26.2 Å². The van der Waals surface area contributed by atoms with E-state index in [0.29, 0.717) is 40.6 Å². The molecule has 34 heavy (non-hydrogen) atoms. The summed E-state index contributed by atoms with van der Waals surface area (Å²) in [6, 6.07) is 20.6. The highest BCUT2D eigenvalue weighted by Gasteiger charge is 2.24. The van der Waals surface area contributed by atoms with Crippen LogP contribution in [0.1, 0.15) is 47.7 Å². The van der Waals surface area contributed by atoms with Crippen molar-refractivity contribution in [2.75, 3.05) is 28.4 Å². The number of ketones is 1. The second-order valence-corrected chi connectivity index (χ2v) is 7.78. The molecule has 5 nitrogen and oxygen atoms in total. The summed E-state index contributed by atoms with van der Waals surface area (Å²) in [6.07, 6.45) is 2.44. The number of carbonyl (C=O) groups excluding carboxylic acids is 1. The number of carbonyl (C=O) groups is 1. The molecule has 0 aliphatic heterocycles. The average molecular weight is 461 g/mol. The quantitative estimate of drug-likeness (QED) is 0.238. The van der Waals surface area contributed by atoms with Crippen molar-refractivity contribution in [3.63, 3.8) is 0 Å². The number of hydrogen-bond donors (Lipinski definition) is 0. The van der Waals surface area contributed by atoms with Crippen LogP contribution in [-0.2, 0) is 0 Å². The molecule has 0 fully saturated rings. The van der Waals surface area contributed by atoms with Gasteiger partial charge in [0.2, 0.25) is 0 Å². The first-order valence-electron chi connectivity index (χ1n) is 11.4. The second kappa shape index (κ2) is 11.9. The van der Waals surface area contributed by atoms with Crippen LogP contribution < -0.4 is 18.9 Å². The Bertz CT molecular complexity index is 1090. The number of allylic oxidation sites excluding steroid dienone is 1. The van der Waals surface area contributed by atoms with E-state index in [1.807, 2.05) is 66.7 Å². The van der Waals surface area contributed by atoms with Crippen LogP contribution in [0.3, 0.4) is 0 Å². The Morgan fingerprint density at radius 2 is 1.24 bits per heavy atom. The first kappa shape index (κ1) is 24.9. The minimum Gasteiger partial charge on any atom is -0.497 e. The molecule has 3 aromatic carbocycles. The predicted octanol–water partition coefficient (Wildman–Crippen LogP) is 6.60. The number of unbranched alkanes of at least 4 members (excludes halogenated alkanes) is 1. The summed E-state index contributed by atoms with van der Waals surface area (Å²) in [4.78, 5) is 13.9. The van der Waals surface area contributed by atoms with Gasteiger partial charge in [0, 0.05) is 40.0 Å². The fourth-order valence-electron chi connectivity index (χ4n) is 3.95. The third kappa shape index (κ3) is 5.42. The SMILES string of the molecule is CCCCC(C(=O)c1ccccc1)=C(c1ccc(OC)cc1OC)c1ccc(OC)cc1OC. The van der Waals surface area contributed by atoms with Gasteiger partial charge >= 0.3 is 0 Å². The molecule has 0 saturated carbocycles. The molecular formula is C29H32O5. The maximum absolute atomic E-state index is 13.9. The zero-order valence-corrected chi connectivity index (χ0v) is 20.5. The number of methoxy groups -OCH3 is 4. The number of rotatable bonds is 11. The first-order valence-corrected chi connectivity index (χ1v) is 11.4. The van der Waals surface area contributed by atoms with Crippen LogP contribution in [0.25, 0.3) is 5.57 Å². The van der Waals surface area contributed by atoms with Crippen molar-refractivity contribution >= 4 is 11.4 Å². The van der Waals surface area contributed by atoms with Crippen molar-refractivity contribution in [3.05, 3.63) is 89.0 Å². The third-order valence-electron chi connectivity index (χ3n) is 5.75.